The van der Waals surface area contributed by atoms with Crippen LogP contribution < -0.4 is 9.47 Å². The van der Waals surface area contributed by atoms with Crippen LogP contribution in [-0.2, 0) is 17.8 Å². The first-order valence-corrected chi connectivity index (χ1v) is 10.8. The number of ether oxygens (including phenoxy) is 2. The maximum Gasteiger partial charge on any atom is 0.264 e. The molecule has 5 heteroatoms. The number of hydrogen-bond donors (Lipinski definition) is 0. The molecule has 5 nitrogen and oxygen atoms in total. The Hall–Kier alpha value is -4.04. The molecule has 0 bridgehead atoms. The van der Waals surface area contributed by atoms with Gasteiger partial charge in [0.05, 0.1) is 6.61 Å². The molecule has 0 radical (unpaired) electrons. The molecule has 0 N–H and O–H groups in total. The number of rotatable bonds is 9. The Labute approximate surface area is 195 Å². The number of nitriles is 1. The molecule has 1 amide bonds. The van der Waals surface area contributed by atoms with Crippen molar-refractivity contribution in [1.82, 2.24) is 4.90 Å². The summed E-state index contributed by atoms with van der Waals surface area (Å²) >= 11 is 0. The van der Waals surface area contributed by atoms with E-state index in [1.54, 1.807) is 32.3 Å². The second kappa shape index (κ2) is 11.0. The summed E-state index contributed by atoms with van der Waals surface area (Å²) in [6.07, 6.45) is 3.92. The van der Waals surface area contributed by atoms with Crippen LogP contribution in [-0.4, -0.2) is 31.5 Å². The summed E-state index contributed by atoms with van der Waals surface area (Å²) < 4.78 is 12.1. The van der Waals surface area contributed by atoms with Crippen molar-refractivity contribution in [2.45, 2.75) is 20.0 Å². The van der Waals surface area contributed by atoms with Gasteiger partial charge in [0, 0.05) is 19.7 Å². The van der Waals surface area contributed by atoms with Gasteiger partial charge in [0.15, 0.2) is 11.5 Å². The second-order valence-electron chi connectivity index (χ2n) is 7.77. The molecular formula is C28H28N2O3. The topological polar surface area (TPSA) is 62.6 Å². The van der Waals surface area contributed by atoms with Crippen molar-refractivity contribution in [3.05, 3.63) is 89.5 Å². The van der Waals surface area contributed by atoms with Crippen molar-refractivity contribution in [3.63, 3.8) is 0 Å². The highest BCUT2D eigenvalue weighted by Gasteiger charge is 2.16. The number of allylic oxidation sites excluding steroid dienone is 1. The van der Waals surface area contributed by atoms with Gasteiger partial charge in [-0.1, -0.05) is 42.5 Å². The standard InChI is InChI=1S/C28H28N2O3/c1-5-9-24-15-21(16-25(18-29)28(31)30(3)4)17-26(32-6-2)27(24)33-19-20-12-13-22-10-7-8-11-23(22)14-20/h5,7-8,10-17H,1,6,9,19H2,2-4H3/b25-16-. The molecule has 0 atom stereocenters. The number of hydrogen-bond acceptors (Lipinski definition) is 4. The molecule has 0 fully saturated rings. The van der Waals surface area contributed by atoms with Crippen molar-refractivity contribution < 1.29 is 14.3 Å². The largest absolute Gasteiger partial charge is 0.490 e. The molecule has 0 heterocycles. The van der Waals surface area contributed by atoms with Gasteiger partial charge in [0.25, 0.3) is 5.91 Å². The van der Waals surface area contributed by atoms with Gasteiger partial charge in [-0.2, -0.15) is 5.26 Å². The van der Waals surface area contributed by atoms with Gasteiger partial charge >= 0.3 is 0 Å². The number of nitrogens with zero attached hydrogens (tertiary/aromatic N) is 2. The van der Waals surface area contributed by atoms with E-state index in [-0.39, 0.29) is 11.5 Å². The summed E-state index contributed by atoms with van der Waals surface area (Å²) in [4.78, 5) is 13.7. The number of likely N-dealkylation sites (N-methyl/N-ethyl adjacent to an activating group) is 1. The molecule has 0 aromatic heterocycles. The van der Waals surface area contributed by atoms with Crippen LogP contribution in [0.3, 0.4) is 0 Å². The van der Waals surface area contributed by atoms with Crippen LogP contribution in [0, 0.1) is 11.3 Å². The van der Waals surface area contributed by atoms with Crippen LogP contribution in [0.1, 0.15) is 23.6 Å². The molecule has 0 aliphatic heterocycles. The minimum atomic E-state index is -0.350. The molecule has 0 saturated heterocycles. The smallest absolute Gasteiger partial charge is 0.264 e. The highest BCUT2D eigenvalue weighted by atomic mass is 16.5. The maximum absolute atomic E-state index is 12.3. The van der Waals surface area contributed by atoms with Crippen molar-refractivity contribution in [2.75, 3.05) is 20.7 Å². The summed E-state index contributed by atoms with van der Waals surface area (Å²) in [5.41, 5.74) is 2.67. The fourth-order valence-corrected chi connectivity index (χ4v) is 3.53. The van der Waals surface area contributed by atoms with Crippen molar-refractivity contribution in [1.29, 1.82) is 5.26 Å². The molecule has 0 aliphatic carbocycles. The highest BCUT2D eigenvalue weighted by molar-refractivity contribution is 6.01. The van der Waals surface area contributed by atoms with Gasteiger partial charge in [0.1, 0.15) is 18.2 Å². The van der Waals surface area contributed by atoms with E-state index in [4.69, 9.17) is 9.47 Å². The summed E-state index contributed by atoms with van der Waals surface area (Å²) in [7, 11) is 3.23. The van der Waals surface area contributed by atoms with Crippen LogP contribution in [0.25, 0.3) is 16.8 Å². The maximum atomic E-state index is 12.3. The van der Waals surface area contributed by atoms with E-state index in [1.807, 2.05) is 31.2 Å². The lowest BCUT2D eigenvalue weighted by Gasteiger charge is -2.17. The van der Waals surface area contributed by atoms with Crippen LogP contribution >= 0.6 is 0 Å². The molecule has 3 aromatic carbocycles. The Morgan fingerprint density at radius 2 is 1.85 bits per heavy atom. The molecule has 0 aliphatic rings. The van der Waals surface area contributed by atoms with E-state index in [1.165, 1.54) is 10.3 Å². The predicted octanol–water partition coefficient (Wildman–Crippen LogP) is 5.54. The van der Waals surface area contributed by atoms with Crippen LogP contribution in [0.4, 0.5) is 0 Å². The van der Waals surface area contributed by atoms with E-state index < -0.39 is 0 Å². The summed E-state index contributed by atoms with van der Waals surface area (Å²) in [5, 5.41) is 11.8. The molecule has 3 rings (SSSR count). The molecule has 168 valence electrons. The van der Waals surface area contributed by atoms with Crippen LogP contribution in [0.5, 0.6) is 11.5 Å². The number of amides is 1. The van der Waals surface area contributed by atoms with Gasteiger partial charge < -0.3 is 14.4 Å². The van der Waals surface area contributed by atoms with E-state index in [9.17, 15) is 10.1 Å². The third kappa shape index (κ3) is 5.81. The minimum absolute atomic E-state index is 0.0526. The fourth-order valence-electron chi connectivity index (χ4n) is 3.53. The molecule has 0 spiro atoms. The van der Waals surface area contributed by atoms with Crippen LogP contribution in [0.15, 0.2) is 72.8 Å². The fraction of sp³-hybridized carbons (Fsp3) is 0.214. The van der Waals surface area contributed by atoms with E-state index in [0.29, 0.717) is 36.7 Å². The lowest BCUT2D eigenvalue weighted by Crippen LogP contribution is -2.22. The first-order valence-electron chi connectivity index (χ1n) is 10.8. The van der Waals surface area contributed by atoms with E-state index in [2.05, 4.69) is 36.9 Å². The Kier molecular flexibility index (Phi) is 7.88. The summed E-state index contributed by atoms with van der Waals surface area (Å²) in [6, 6.07) is 20.1. The summed E-state index contributed by atoms with van der Waals surface area (Å²) in [5.74, 6) is 0.857. The third-order valence-electron chi connectivity index (χ3n) is 5.08. The monoisotopic (exact) mass is 440 g/mol. The lowest BCUT2D eigenvalue weighted by molar-refractivity contribution is -0.124. The first-order chi connectivity index (χ1) is 16.0. The van der Waals surface area contributed by atoms with Crippen molar-refractivity contribution >= 4 is 22.8 Å². The Balaban J connectivity index is 1.97. The quantitative estimate of drug-likeness (QED) is 0.249. The van der Waals surface area contributed by atoms with Gasteiger partial charge in [-0.15, -0.1) is 6.58 Å². The number of fused-ring (bicyclic) bond motifs is 1. The third-order valence-corrected chi connectivity index (χ3v) is 5.08. The second-order valence-corrected chi connectivity index (χ2v) is 7.77. The average Bonchev–Trinajstić information content (AvgIpc) is 2.81. The SMILES string of the molecule is C=CCc1cc(/C=C(/C#N)C(=O)N(C)C)cc(OCC)c1OCc1ccc2ccccc2c1. The first kappa shape index (κ1) is 23.6. The zero-order chi connectivity index (χ0) is 23.8. The van der Waals surface area contributed by atoms with Gasteiger partial charge in [-0.25, -0.2) is 0 Å². The van der Waals surface area contributed by atoms with Gasteiger partial charge in [-0.05, 0) is 59.5 Å². The minimum Gasteiger partial charge on any atom is -0.490 e. The van der Waals surface area contributed by atoms with Gasteiger partial charge in [-0.3, -0.25) is 4.79 Å². The Morgan fingerprint density at radius 3 is 2.52 bits per heavy atom. The highest BCUT2D eigenvalue weighted by Crippen LogP contribution is 2.35. The zero-order valence-corrected chi connectivity index (χ0v) is 19.3. The molecule has 0 unspecified atom stereocenters. The Morgan fingerprint density at radius 1 is 1.09 bits per heavy atom. The summed E-state index contributed by atoms with van der Waals surface area (Å²) in [6.45, 7) is 6.60. The molecule has 0 saturated carbocycles. The molecule has 33 heavy (non-hydrogen) atoms. The van der Waals surface area contributed by atoms with E-state index in [0.717, 1.165) is 16.5 Å². The molecular weight excluding hydrogens is 412 g/mol. The Bertz CT molecular complexity index is 1240. The zero-order valence-electron chi connectivity index (χ0n) is 19.3. The van der Waals surface area contributed by atoms with Crippen molar-refractivity contribution in [3.8, 4) is 17.6 Å². The van der Waals surface area contributed by atoms with Gasteiger partial charge in [0.2, 0.25) is 0 Å². The number of carbonyl (C=O) groups excluding carboxylic acids is 1. The number of carbonyl (C=O) groups is 1. The van der Waals surface area contributed by atoms with E-state index >= 15 is 0 Å². The normalized spacial score (nSPS) is 11.0. The predicted molar refractivity (Wildman–Crippen MR) is 132 cm³/mol. The van der Waals surface area contributed by atoms with Crippen LogP contribution in [0.2, 0.25) is 0 Å². The van der Waals surface area contributed by atoms with Crippen molar-refractivity contribution in [2.24, 2.45) is 0 Å². The average molecular weight is 441 g/mol. The number of benzene rings is 3. The molecule has 3 aromatic rings. The lowest BCUT2D eigenvalue weighted by atomic mass is 10.0.